The quantitative estimate of drug-likeness (QED) is 0.702. The molecule has 2 saturated heterocycles. The second kappa shape index (κ2) is 5.44. The van der Waals surface area contributed by atoms with Gasteiger partial charge in [-0.15, -0.1) is 0 Å². The first-order valence-corrected chi connectivity index (χ1v) is 9.81. The molecule has 6 heteroatoms. The van der Waals surface area contributed by atoms with E-state index in [-0.39, 0.29) is 23.4 Å². The van der Waals surface area contributed by atoms with Gasteiger partial charge in [0.25, 0.3) is 0 Å². The van der Waals surface area contributed by atoms with Crippen molar-refractivity contribution in [2.75, 3.05) is 18.0 Å². The number of amides is 1. The van der Waals surface area contributed by atoms with Gasteiger partial charge in [0.05, 0.1) is 17.5 Å². The van der Waals surface area contributed by atoms with Crippen LogP contribution >= 0.6 is 0 Å². The van der Waals surface area contributed by atoms with Gasteiger partial charge in [-0.3, -0.25) is 4.79 Å². The lowest BCUT2D eigenvalue weighted by Crippen LogP contribution is -2.33. The fourth-order valence-corrected chi connectivity index (χ4v) is 5.99. The number of benzene rings is 1. The largest absolute Gasteiger partial charge is 0.348 e. The van der Waals surface area contributed by atoms with Crippen LogP contribution in [0.2, 0.25) is 0 Å². The van der Waals surface area contributed by atoms with Crippen LogP contribution in [0.3, 0.4) is 0 Å². The molecule has 0 bridgehead atoms. The third kappa shape index (κ3) is 1.80. The average Bonchev–Trinajstić information content (AvgIpc) is 3.47. The predicted octanol–water partition coefficient (Wildman–Crippen LogP) is 3.37. The van der Waals surface area contributed by atoms with Gasteiger partial charge in [-0.25, -0.2) is 9.97 Å². The highest BCUT2D eigenvalue weighted by molar-refractivity contribution is 5.89. The van der Waals surface area contributed by atoms with Crippen molar-refractivity contribution in [2.24, 2.45) is 5.41 Å². The molecule has 3 aliphatic rings. The molecule has 1 N–H and O–H groups in total. The lowest BCUT2D eigenvalue weighted by atomic mass is 9.77. The predicted molar refractivity (Wildman–Crippen MR) is 107 cm³/mol. The number of hydrogen-bond acceptors (Lipinski definition) is 4. The molecule has 6 rings (SSSR count). The lowest BCUT2D eigenvalue weighted by molar-refractivity contribution is -0.127. The first-order chi connectivity index (χ1) is 13.7. The lowest BCUT2D eigenvalue weighted by Gasteiger charge is -2.34. The number of carbonyl (C=O) groups is 1. The number of aromatic nitrogens is 3. The fourth-order valence-electron chi connectivity index (χ4n) is 5.99. The number of nitrogens with one attached hydrogen (secondary N) is 1. The van der Waals surface area contributed by atoms with Crippen LogP contribution in [-0.2, 0) is 4.79 Å². The van der Waals surface area contributed by atoms with Crippen LogP contribution in [0.25, 0.3) is 11.0 Å². The van der Waals surface area contributed by atoms with E-state index in [9.17, 15) is 4.79 Å². The van der Waals surface area contributed by atoms with Crippen molar-refractivity contribution in [1.29, 1.82) is 0 Å². The molecule has 2 fully saturated rings. The number of likely N-dealkylation sites (tertiary alicyclic amines) is 1. The van der Waals surface area contributed by atoms with Gasteiger partial charge >= 0.3 is 0 Å². The molecular weight excluding hydrogens is 350 g/mol. The Bertz CT molecular complexity index is 1120. The van der Waals surface area contributed by atoms with E-state index >= 15 is 0 Å². The third-order valence-electron chi connectivity index (χ3n) is 7.00. The molecule has 28 heavy (non-hydrogen) atoms. The number of rotatable bonds is 2. The zero-order valence-corrected chi connectivity index (χ0v) is 15.5. The van der Waals surface area contributed by atoms with Gasteiger partial charge in [0, 0.05) is 24.7 Å². The molecule has 140 valence electrons. The van der Waals surface area contributed by atoms with E-state index < -0.39 is 0 Å². The fraction of sp³-hybridized carbons (Fsp3) is 0.318. The zero-order chi connectivity index (χ0) is 18.9. The van der Waals surface area contributed by atoms with Gasteiger partial charge < -0.3 is 14.8 Å². The van der Waals surface area contributed by atoms with Crippen LogP contribution in [0.4, 0.5) is 5.82 Å². The molecule has 4 heterocycles. The molecule has 6 nitrogen and oxygen atoms in total. The van der Waals surface area contributed by atoms with Crippen molar-refractivity contribution in [2.45, 2.75) is 24.9 Å². The molecule has 1 spiro atoms. The monoisotopic (exact) mass is 371 g/mol. The Morgan fingerprint density at radius 1 is 1.14 bits per heavy atom. The SMILES string of the molecule is C=CC(=O)N1CCC23CCN(c4ncnc5[nH]ccc45)C2c2ccccc2C13. The van der Waals surface area contributed by atoms with Crippen LogP contribution in [-0.4, -0.2) is 38.8 Å². The normalized spacial score (nSPS) is 27.7. The van der Waals surface area contributed by atoms with Crippen molar-refractivity contribution in [1.82, 2.24) is 19.9 Å². The second-order valence-corrected chi connectivity index (χ2v) is 8.03. The standard InChI is InChI=1S/C22H21N5O/c1-2-17(28)26-11-8-22-9-12-27(21-16-7-10-23-20(16)24-13-25-21)19(22)15-6-4-3-5-14(15)18(22)26/h2-7,10,13,18-19H,1,8-9,11-12H2,(H,23,24,25). The first-order valence-electron chi connectivity index (χ1n) is 9.81. The smallest absolute Gasteiger partial charge is 0.246 e. The van der Waals surface area contributed by atoms with E-state index in [0.29, 0.717) is 0 Å². The summed E-state index contributed by atoms with van der Waals surface area (Å²) in [5.41, 5.74) is 3.51. The molecular formula is C22H21N5O. The van der Waals surface area contributed by atoms with Gasteiger partial charge in [0.15, 0.2) is 0 Å². The maximum atomic E-state index is 12.6. The van der Waals surface area contributed by atoms with E-state index in [2.05, 4.69) is 56.8 Å². The molecule has 1 amide bonds. The van der Waals surface area contributed by atoms with E-state index in [1.165, 1.54) is 17.2 Å². The van der Waals surface area contributed by atoms with E-state index in [1.807, 2.05) is 11.1 Å². The number of anilines is 1. The summed E-state index contributed by atoms with van der Waals surface area (Å²) in [5, 5.41) is 1.05. The Balaban J connectivity index is 1.54. The van der Waals surface area contributed by atoms with Crippen LogP contribution in [0.1, 0.15) is 36.1 Å². The summed E-state index contributed by atoms with van der Waals surface area (Å²) in [6.07, 6.45) is 7.07. The topological polar surface area (TPSA) is 65.1 Å². The molecule has 3 aromatic rings. The number of H-pyrrole nitrogens is 1. The minimum atomic E-state index is 0.0332. The summed E-state index contributed by atoms with van der Waals surface area (Å²) in [4.78, 5) is 29.3. The highest BCUT2D eigenvalue weighted by Gasteiger charge is 2.63. The molecule has 3 atom stereocenters. The minimum absolute atomic E-state index is 0.0332. The van der Waals surface area contributed by atoms with Crippen LogP contribution < -0.4 is 4.90 Å². The summed E-state index contributed by atoms with van der Waals surface area (Å²) in [6.45, 7) is 5.45. The molecule has 0 radical (unpaired) electrons. The Labute approximate surface area is 162 Å². The van der Waals surface area contributed by atoms with Gasteiger partial charge in [-0.2, -0.15) is 0 Å². The molecule has 2 aliphatic heterocycles. The summed E-state index contributed by atoms with van der Waals surface area (Å²) in [5.74, 6) is 1.02. The molecule has 2 aromatic heterocycles. The average molecular weight is 371 g/mol. The maximum absolute atomic E-state index is 12.6. The first kappa shape index (κ1) is 15.9. The highest BCUT2D eigenvalue weighted by Crippen LogP contribution is 2.67. The van der Waals surface area contributed by atoms with Gasteiger partial charge in [-0.1, -0.05) is 30.8 Å². The van der Waals surface area contributed by atoms with Crippen molar-refractivity contribution < 1.29 is 4.79 Å². The van der Waals surface area contributed by atoms with E-state index in [1.54, 1.807) is 6.33 Å². The maximum Gasteiger partial charge on any atom is 0.246 e. The zero-order valence-electron chi connectivity index (χ0n) is 15.5. The van der Waals surface area contributed by atoms with E-state index in [0.717, 1.165) is 42.8 Å². The molecule has 1 aliphatic carbocycles. The number of carbonyl (C=O) groups excluding carboxylic acids is 1. The number of nitrogens with zero attached hydrogens (tertiary/aromatic N) is 4. The Morgan fingerprint density at radius 2 is 1.93 bits per heavy atom. The minimum Gasteiger partial charge on any atom is -0.348 e. The van der Waals surface area contributed by atoms with Crippen molar-refractivity contribution in [3.63, 3.8) is 0 Å². The van der Waals surface area contributed by atoms with Crippen molar-refractivity contribution in [3.05, 3.63) is 66.6 Å². The summed E-state index contributed by atoms with van der Waals surface area (Å²) in [6, 6.07) is 11.0. The van der Waals surface area contributed by atoms with Crippen LogP contribution in [0.5, 0.6) is 0 Å². The van der Waals surface area contributed by atoms with Gasteiger partial charge in [0.2, 0.25) is 5.91 Å². The number of fused-ring (bicyclic) bond motifs is 4. The van der Waals surface area contributed by atoms with E-state index in [4.69, 9.17) is 0 Å². The molecule has 1 aromatic carbocycles. The van der Waals surface area contributed by atoms with Crippen LogP contribution in [0, 0.1) is 5.41 Å². The number of aromatic amines is 1. The third-order valence-corrected chi connectivity index (χ3v) is 7.00. The van der Waals surface area contributed by atoms with Gasteiger partial charge in [0.1, 0.15) is 17.8 Å². The molecule has 3 unspecified atom stereocenters. The Kier molecular flexibility index (Phi) is 3.08. The number of hydrogen-bond donors (Lipinski definition) is 1. The van der Waals surface area contributed by atoms with Crippen LogP contribution in [0.15, 0.2) is 55.5 Å². The van der Waals surface area contributed by atoms with Gasteiger partial charge in [-0.05, 0) is 36.1 Å². The summed E-state index contributed by atoms with van der Waals surface area (Å²) < 4.78 is 0. The van der Waals surface area contributed by atoms with Crippen molar-refractivity contribution >= 4 is 22.8 Å². The van der Waals surface area contributed by atoms with Crippen molar-refractivity contribution in [3.8, 4) is 0 Å². The Hall–Kier alpha value is -3.15. The Morgan fingerprint density at radius 3 is 2.75 bits per heavy atom. The highest BCUT2D eigenvalue weighted by atomic mass is 16.2. The molecule has 0 saturated carbocycles. The summed E-state index contributed by atoms with van der Waals surface area (Å²) >= 11 is 0. The summed E-state index contributed by atoms with van der Waals surface area (Å²) in [7, 11) is 0. The second-order valence-electron chi connectivity index (χ2n) is 8.03.